The lowest BCUT2D eigenvalue weighted by atomic mass is 10.00. The number of hydrogen-bond donors (Lipinski definition) is 0. The molecular weight excluding hydrogens is 134 g/mol. The maximum Gasteiger partial charge on any atom is -0.00192 e. The van der Waals surface area contributed by atoms with Crippen molar-refractivity contribution in [2.45, 2.75) is 26.7 Å². The summed E-state index contributed by atoms with van der Waals surface area (Å²) >= 11 is 0. The average molecular weight is 155 g/mol. The van der Waals surface area contributed by atoms with Crippen LogP contribution in [0.1, 0.15) is 26.7 Å². The molecule has 0 aliphatic carbocycles. The molecule has 0 unspecified atom stereocenters. The number of rotatable bonds is 0. The van der Waals surface area contributed by atoms with Crippen LogP contribution in [0, 0.1) is 5.92 Å². The summed E-state index contributed by atoms with van der Waals surface area (Å²) in [5, 5.41) is 0. The second kappa shape index (κ2) is 6.41. The van der Waals surface area contributed by atoms with Crippen LogP contribution < -0.4 is 0 Å². The number of likely N-dealkylation sites (tertiary alicyclic amines) is 1. The first-order chi connectivity index (χ1) is 5.20. The van der Waals surface area contributed by atoms with Crippen molar-refractivity contribution in [3.05, 3.63) is 12.7 Å². The molecule has 0 saturated carbocycles. The Morgan fingerprint density at radius 2 is 1.73 bits per heavy atom. The van der Waals surface area contributed by atoms with E-state index >= 15 is 0 Å². The summed E-state index contributed by atoms with van der Waals surface area (Å²) in [6.07, 6.45) is 4.55. The van der Waals surface area contributed by atoms with E-state index in [9.17, 15) is 0 Å². The topological polar surface area (TPSA) is 3.24 Å². The van der Waals surface area contributed by atoms with Crippen molar-refractivity contribution in [1.29, 1.82) is 0 Å². The highest BCUT2D eigenvalue weighted by molar-refractivity contribution is 4.65. The zero-order valence-corrected chi connectivity index (χ0v) is 8.14. The summed E-state index contributed by atoms with van der Waals surface area (Å²) in [6, 6.07) is 0. The van der Waals surface area contributed by atoms with Crippen molar-refractivity contribution in [2.24, 2.45) is 5.92 Å². The third kappa shape index (κ3) is 6.11. The highest BCUT2D eigenvalue weighted by Crippen LogP contribution is 2.13. The molecule has 1 nitrogen and oxygen atoms in total. The van der Waals surface area contributed by atoms with Gasteiger partial charge in [0.2, 0.25) is 0 Å². The molecule has 0 atom stereocenters. The molecule has 0 amide bonds. The van der Waals surface area contributed by atoms with Gasteiger partial charge in [-0.1, -0.05) is 13.0 Å². The van der Waals surface area contributed by atoms with Crippen LogP contribution in [0.25, 0.3) is 0 Å². The fourth-order valence-corrected chi connectivity index (χ4v) is 1.14. The summed E-state index contributed by atoms with van der Waals surface area (Å²) in [5.74, 6) is 0.978. The maximum absolute atomic E-state index is 3.36. The van der Waals surface area contributed by atoms with Gasteiger partial charge in [0.15, 0.2) is 0 Å². The van der Waals surface area contributed by atoms with E-state index in [0.29, 0.717) is 0 Å². The van der Waals surface area contributed by atoms with Gasteiger partial charge in [-0.25, -0.2) is 0 Å². The van der Waals surface area contributed by atoms with Crippen LogP contribution in [0.15, 0.2) is 12.7 Å². The number of hydrogen-bond acceptors (Lipinski definition) is 1. The van der Waals surface area contributed by atoms with Crippen molar-refractivity contribution >= 4 is 0 Å². The summed E-state index contributed by atoms with van der Waals surface area (Å²) < 4.78 is 0. The molecule has 1 fully saturated rings. The van der Waals surface area contributed by atoms with E-state index in [2.05, 4.69) is 25.5 Å². The molecule has 0 N–H and O–H groups in total. The Kier molecular flexibility index (Phi) is 6.24. The highest BCUT2D eigenvalue weighted by Gasteiger charge is 2.10. The molecule has 0 aromatic heterocycles. The zero-order valence-electron chi connectivity index (χ0n) is 8.14. The van der Waals surface area contributed by atoms with Gasteiger partial charge in [-0.2, -0.15) is 0 Å². The number of nitrogens with zero attached hydrogens (tertiary/aromatic N) is 1. The molecule has 0 radical (unpaired) electrons. The number of piperidine rings is 1. The van der Waals surface area contributed by atoms with E-state index in [0.717, 1.165) is 5.92 Å². The fraction of sp³-hybridized carbons (Fsp3) is 0.800. The monoisotopic (exact) mass is 155 g/mol. The quantitative estimate of drug-likeness (QED) is 0.486. The second-order valence-electron chi connectivity index (χ2n) is 3.39. The van der Waals surface area contributed by atoms with E-state index in [1.165, 1.54) is 25.9 Å². The summed E-state index contributed by atoms with van der Waals surface area (Å²) in [5.41, 5.74) is 0. The molecule has 1 aliphatic rings. The number of allylic oxidation sites excluding steroid dienone is 1. The molecule has 1 aliphatic heterocycles. The Hall–Kier alpha value is -0.300. The highest BCUT2D eigenvalue weighted by atomic mass is 15.1. The Balaban J connectivity index is 0.000000292. The largest absolute Gasteiger partial charge is 0.306 e. The molecule has 1 rings (SSSR count). The molecule has 1 saturated heterocycles. The second-order valence-corrected chi connectivity index (χ2v) is 3.39. The van der Waals surface area contributed by atoms with E-state index in [1.807, 2.05) is 6.92 Å². The van der Waals surface area contributed by atoms with Crippen LogP contribution in [-0.4, -0.2) is 25.0 Å². The Morgan fingerprint density at radius 3 is 2.00 bits per heavy atom. The van der Waals surface area contributed by atoms with E-state index in [-0.39, 0.29) is 0 Å². The molecule has 66 valence electrons. The van der Waals surface area contributed by atoms with Gasteiger partial charge in [0.1, 0.15) is 0 Å². The van der Waals surface area contributed by atoms with Gasteiger partial charge in [0.05, 0.1) is 0 Å². The molecular formula is C10H21N. The molecule has 1 heteroatoms. The Labute approximate surface area is 71.1 Å². The lowest BCUT2D eigenvalue weighted by molar-refractivity contribution is 0.230. The average Bonchev–Trinajstić information content (AvgIpc) is 1.97. The lowest BCUT2D eigenvalue weighted by Gasteiger charge is -2.26. The van der Waals surface area contributed by atoms with Crippen LogP contribution in [0.5, 0.6) is 0 Å². The first-order valence-corrected chi connectivity index (χ1v) is 4.46. The minimum absolute atomic E-state index is 0.978. The Bertz CT molecular complexity index is 81.0. The van der Waals surface area contributed by atoms with Gasteiger partial charge in [-0.3, -0.25) is 0 Å². The lowest BCUT2D eigenvalue weighted by Crippen LogP contribution is -2.28. The zero-order chi connectivity index (χ0) is 8.69. The fourth-order valence-electron chi connectivity index (χ4n) is 1.14. The van der Waals surface area contributed by atoms with Crippen LogP contribution in [0.2, 0.25) is 0 Å². The van der Waals surface area contributed by atoms with Gasteiger partial charge in [-0.15, -0.1) is 6.58 Å². The minimum Gasteiger partial charge on any atom is -0.306 e. The van der Waals surface area contributed by atoms with Crippen molar-refractivity contribution in [3.8, 4) is 0 Å². The molecule has 1 heterocycles. The first-order valence-electron chi connectivity index (χ1n) is 4.46. The standard InChI is InChI=1S/C7H15N.C3H6/c1-7-3-5-8(2)6-4-7;1-3-2/h7H,3-6H2,1-2H3;3H,1H2,2H3. The van der Waals surface area contributed by atoms with Gasteiger partial charge < -0.3 is 4.90 Å². The van der Waals surface area contributed by atoms with Gasteiger partial charge in [-0.05, 0) is 45.8 Å². The third-order valence-electron chi connectivity index (χ3n) is 2.01. The Morgan fingerprint density at radius 1 is 1.36 bits per heavy atom. The van der Waals surface area contributed by atoms with Crippen LogP contribution >= 0.6 is 0 Å². The predicted octanol–water partition coefficient (Wildman–Crippen LogP) is 2.54. The van der Waals surface area contributed by atoms with E-state index < -0.39 is 0 Å². The van der Waals surface area contributed by atoms with Crippen molar-refractivity contribution in [1.82, 2.24) is 4.90 Å². The third-order valence-corrected chi connectivity index (χ3v) is 2.01. The van der Waals surface area contributed by atoms with Crippen LogP contribution in [-0.2, 0) is 0 Å². The maximum atomic E-state index is 3.36. The van der Waals surface area contributed by atoms with Gasteiger partial charge in [0, 0.05) is 0 Å². The summed E-state index contributed by atoms with van der Waals surface area (Å²) in [6.45, 7) is 10.2. The van der Waals surface area contributed by atoms with E-state index in [1.54, 1.807) is 6.08 Å². The van der Waals surface area contributed by atoms with Crippen molar-refractivity contribution < 1.29 is 0 Å². The molecule has 0 bridgehead atoms. The molecule has 0 spiro atoms. The molecule has 11 heavy (non-hydrogen) atoms. The first kappa shape index (κ1) is 10.7. The van der Waals surface area contributed by atoms with Gasteiger partial charge >= 0.3 is 0 Å². The van der Waals surface area contributed by atoms with Crippen LogP contribution in [0.4, 0.5) is 0 Å². The molecule has 0 aromatic carbocycles. The molecule has 0 aromatic rings. The van der Waals surface area contributed by atoms with Gasteiger partial charge in [0.25, 0.3) is 0 Å². The van der Waals surface area contributed by atoms with Crippen LogP contribution in [0.3, 0.4) is 0 Å². The SMILES string of the molecule is C=CC.CC1CCN(C)CC1. The van der Waals surface area contributed by atoms with E-state index in [4.69, 9.17) is 0 Å². The normalized spacial score (nSPS) is 20.3. The minimum atomic E-state index is 0.978. The summed E-state index contributed by atoms with van der Waals surface area (Å²) in [4.78, 5) is 2.40. The predicted molar refractivity (Wildman–Crippen MR) is 51.8 cm³/mol. The summed E-state index contributed by atoms with van der Waals surface area (Å²) in [7, 11) is 2.20. The van der Waals surface area contributed by atoms with Crippen molar-refractivity contribution in [2.75, 3.05) is 20.1 Å². The smallest absolute Gasteiger partial charge is 0.00192 e. The van der Waals surface area contributed by atoms with Crippen molar-refractivity contribution in [3.63, 3.8) is 0 Å².